The average Bonchev–Trinajstić information content (AvgIpc) is 2.72. The van der Waals surface area contributed by atoms with E-state index in [1.54, 1.807) is 24.3 Å². The van der Waals surface area contributed by atoms with Gasteiger partial charge in [0.2, 0.25) is 0 Å². The lowest BCUT2D eigenvalue weighted by Gasteiger charge is -2.05. The van der Waals surface area contributed by atoms with E-state index in [-0.39, 0.29) is 29.9 Å². The number of carbonyl (C=O) groups is 1. The third kappa shape index (κ3) is 13.1. The van der Waals surface area contributed by atoms with E-state index in [1.807, 2.05) is 50.3 Å². The molecule has 4 N–H and O–H groups in total. The van der Waals surface area contributed by atoms with Crippen molar-refractivity contribution in [3.63, 3.8) is 0 Å². The molecule has 0 aliphatic heterocycles. The minimum Gasteiger partial charge on any atom is -0.508 e. The molecule has 0 heterocycles. The normalized spacial score (nSPS) is 11.2. The Bertz CT molecular complexity index is 767. The number of esters is 1. The van der Waals surface area contributed by atoms with Crippen molar-refractivity contribution < 1.29 is 33.1 Å². The van der Waals surface area contributed by atoms with Crippen LogP contribution in [0.3, 0.4) is 0 Å². The lowest BCUT2D eigenvalue weighted by molar-refractivity contribution is 0.0433. The Balaban J connectivity index is 0.000000901. The third-order valence-corrected chi connectivity index (χ3v) is 5.31. The van der Waals surface area contributed by atoms with E-state index < -0.39 is 17.3 Å². The number of benzene rings is 2. The largest absolute Gasteiger partial charge is 0.508 e. The highest BCUT2D eigenvalue weighted by atomic mass is 32.2. The summed E-state index contributed by atoms with van der Waals surface area (Å²) >= 11 is -2.61. The molecule has 0 spiro atoms. The molecule has 2 rings (SSSR count). The number of aromatic hydroxyl groups is 1. The van der Waals surface area contributed by atoms with Gasteiger partial charge in [0.1, 0.15) is 24.4 Å². The zero-order chi connectivity index (χ0) is 22.9. The monoisotopic (exact) mass is 457 g/mol. The predicted molar refractivity (Wildman–Crippen MR) is 121 cm³/mol. The molecule has 7 nitrogen and oxygen atoms in total. The van der Waals surface area contributed by atoms with Gasteiger partial charge in [-0.25, -0.2) is 4.79 Å². The fraction of sp³-hybridized carbons (Fsp3) is 0.286. The maximum absolute atomic E-state index is 11.6. The van der Waals surface area contributed by atoms with Crippen molar-refractivity contribution >= 4 is 28.2 Å². The second kappa shape index (κ2) is 16.6. The Labute approximate surface area is 182 Å². The van der Waals surface area contributed by atoms with E-state index in [9.17, 15) is 9.90 Å². The van der Waals surface area contributed by atoms with Crippen LogP contribution >= 0.6 is 0 Å². The molecule has 2 aromatic carbocycles. The Morgan fingerprint density at radius 3 is 1.97 bits per heavy atom. The summed E-state index contributed by atoms with van der Waals surface area (Å²) in [5, 5.41) is 18.0. The summed E-state index contributed by atoms with van der Waals surface area (Å²) in [5.41, 5.74) is 1.62. The topological polar surface area (TPSA) is 124 Å². The highest BCUT2D eigenvalue weighted by Gasteiger charge is 2.16. The molecular weight excluding hydrogens is 428 g/mol. The number of carbonyl (C=O) groups excluding carboxylic acids is 1. The van der Waals surface area contributed by atoms with Crippen molar-refractivity contribution in [2.75, 3.05) is 19.5 Å². The number of aliphatic hydroxyl groups excluding tert-OH is 1. The maximum atomic E-state index is 11.6. The van der Waals surface area contributed by atoms with Crippen LogP contribution in [-0.4, -0.2) is 49.0 Å². The van der Waals surface area contributed by atoms with Crippen molar-refractivity contribution in [3.05, 3.63) is 71.8 Å². The number of phenols is 1. The Morgan fingerprint density at radius 2 is 1.53 bits per heavy atom. The molecule has 0 aliphatic rings. The first-order chi connectivity index (χ1) is 14.2. The van der Waals surface area contributed by atoms with Gasteiger partial charge >= 0.3 is 5.97 Å². The van der Waals surface area contributed by atoms with E-state index in [2.05, 4.69) is 6.26 Å². The summed E-state index contributed by atoms with van der Waals surface area (Å²) in [4.78, 5) is 12.8. The van der Waals surface area contributed by atoms with Crippen molar-refractivity contribution in [3.8, 4) is 5.75 Å². The van der Waals surface area contributed by atoms with Crippen LogP contribution in [0.2, 0.25) is 0 Å². The first-order valence-corrected chi connectivity index (χ1v) is 11.8. The van der Waals surface area contributed by atoms with Crippen LogP contribution in [0.4, 0.5) is 0 Å². The Hall–Kier alpha value is -2.17. The quantitative estimate of drug-likeness (QED) is 0.226. The summed E-state index contributed by atoms with van der Waals surface area (Å²) in [6, 6.07) is 14.6. The molecule has 2 aromatic rings. The lowest BCUT2D eigenvalue weighted by atomic mass is 10.1. The van der Waals surface area contributed by atoms with Crippen LogP contribution < -0.4 is 0 Å². The lowest BCUT2D eigenvalue weighted by Crippen LogP contribution is -2.09. The molecule has 0 radical (unpaired) electrons. The SMILES string of the molecule is C/C=C\C.C[S+](Cc1ccc(C(=O)OCCO)cc1)c1ccc(O)cc1.O=S(O)O. The summed E-state index contributed by atoms with van der Waals surface area (Å²) in [5.74, 6) is 0.720. The highest BCUT2D eigenvalue weighted by Crippen LogP contribution is 2.20. The molecule has 0 aliphatic carbocycles. The molecule has 166 valence electrons. The molecule has 0 amide bonds. The van der Waals surface area contributed by atoms with Crippen molar-refractivity contribution in [2.24, 2.45) is 0 Å². The molecule has 0 fully saturated rings. The second-order valence-corrected chi connectivity index (χ2v) is 8.23. The molecule has 1 atom stereocenters. The van der Waals surface area contributed by atoms with Crippen LogP contribution in [-0.2, 0) is 32.7 Å². The molecule has 0 aromatic heterocycles. The number of ether oxygens (including phenoxy) is 1. The van der Waals surface area contributed by atoms with E-state index in [0.29, 0.717) is 5.56 Å². The standard InChI is InChI=1S/C17H18O4S.C4H8.H2O3S/c1-22(16-8-6-15(19)7-9-16)12-13-2-4-14(5-3-13)17(20)21-11-10-18;1-3-4-2;1-4(2)3/h2-9,18H,10-12H2,1H3;3-4H,1-2H3;(H2,1,2,3)/p+1/b;4-3-;. The van der Waals surface area contributed by atoms with Crippen molar-refractivity contribution in [2.45, 2.75) is 24.5 Å². The highest BCUT2D eigenvalue weighted by molar-refractivity contribution is 7.95. The Kier molecular flexibility index (Phi) is 15.4. The molecule has 9 heteroatoms. The summed E-state index contributed by atoms with van der Waals surface area (Å²) in [6.45, 7) is 3.84. The molecule has 0 bridgehead atoms. The zero-order valence-corrected chi connectivity index (χ0v) is 18.9. The number of phenolic OH excluding ortho intramolecular Hbond substituents is 1. The van der Waals surface area contributed by atoms with Gasteiger partial charge in [-0.05, 0) is 50.2 Å². The van der Waals surface area contributed by atoms with E-state index >= 15 is 0 Å². The summed E-state index contributed by atoms with van der Waals surface area (Å²) in [6.07, 6.45) is 6.15. The molecule has 1 unspecified atom stereocenters. The number of hydrogen-bond donors (Lipinski definition) is 4. The minimum absolute atomic E-state index is 0.0137. The third-order valence-electron chi connectivity index (χ3n) is 3.47. The number of hydrogen-bond acceptors (Lipinski definition) is 5. The van der Waals surface area contributed by atoms with E-state index in [1.165, 1.54) is 4.90 Å². The van der Waals surface area contributed by atoms with Crippen LogP contribution in [0.1, 0.15) is 29.8 Å². The second-order valence-electron chi connectivity index (χ2n) is 5.73. The van der Waals surface area contributed by atoms with Gasteiger partial charge < -0.3 is 14.9 Å². The van der Waals surface area contributed by atoms with Gasteiger partial charge in [-0.2, -0.15) is 4.21 Å². The van der Waals surface area contributed by atoms with Gasteiger partial charge in [0, 0.05) is 16.5 Å². The predicted octanol–water partition coefficient (Wildman–Crippen LogP) is 3.61. The van der Waals surface area contributed by atoms with Gasteiger partial charge in [-0.3, -0.25) is 9.11 Å². The smallest absolute Gasteiger partial charge is 0.338 e. The van der Waals surface area contributed by atoms with Gasteiger partial charge in [-0.1, -0.05) is 24.3 Å². The van der Waals surface area contributed by atoms with Gasteiger partial charge in [0.25, 0.3) is 11.4 Å². The van der Waals surface area contributed by atoms with Crippen LogP contribution in [0.25, 0.3) is 0 Å². The van der Waals surface area contributed by atoms with Crippen LogP contribution in [0, 0.1) is 0 Å². The van der Waals surface area contributed by atoms with Crippen molar-refractivity contribution in [1.82, 2.24) is 0 Å². The van der Waals surface area contributed by atoms with Crippen molar-refractivity contribution in [1.29, 1.82) is 0 Å². The first kappa shape index (κ1) is 27.8. The van der Waals surface area contributed by atoms with E-state index in [0.717, 1.165) is 11.3 Å². The zero-order valence-electron chi connectivity index (χ0n) is 17.2. The molecule has 0 saturated carbocycles. The molecule has 30 heavy (non-hydrogen) atoms. The van der Waals surface area contributed by atoms with Crippen LogP contribution in [0.15, 0.2) is 65.6 Å². The average molecular weight is 458 g/mol. The maximum Gasteiger partial charge on any atom is 0.338 e. The van der Waals surface area contributed by atoms with Gasteiger partial charge in [0.15, 0.2) is 4.90 Å². The fourth-order valence-electron chi connectivity index (χ4n) is 1.97. The Morgan fingerprint density at radius 1 is 1.03 bits per heavy atom. The molecule has 0 saturated heterocycles. The fourth-order valence-corrected chi connectivity index (χ4v) is 3.43. The summed E-state index contributed by atoms with van der Waals surface area (Å²) < 4.78 is 27.7. The van der Waals surface area contributed by atoms with Gasteiger partial charge in [0.05, 0.1) is 12.2 Å². The number of aliphatic hydroxyl groups is 1. The minimum atomic E-state index is -2.61. The van der Waals surface area contributed by atoms with E-state index in [4.69, 9.17) is 23.2 Å². The van der Waals surface area contributed by atoms with Gasteiger partial charge in [-0.15, -0.1) is 0 Å². The van der Waals surface area contributed by atoms with Crippen LogP contribution in [0.5, 0.6) is 5.75 Å². The summed E-state index contributed by atoms with van der Waals surface area (Å²) in [7, 11) is 0.0249. The molecular formula is C21H29O7S2+. The first-order valence-electron chi connectivity index (χ1n) is 8.90. The number of allylic oxidation sites excluding steroid dienone is 2. The number of rotatable bonds is 6.